The lowest BCUT2D eigenvalue weighted by Crippen LogP contribution is -2.31. The number of fused-ring (bicyclic) bond motifs is 4. The zero-order valence-electron chi connectivity index (χ0n) is 31.5. The van der Waals surface area contributed by atoms with E-state index in [0.717, 1.165) is 56.4 Å². The molecule has 0 bridgehead atoms. The van der Waals surface area contributed by atoms with Crippen LogP contribution in [0.5, 0.6) is 0 Å². The molecule has 0 unspecified atom stereocenters. The normalized spacial score (nSPS) is 11.8. The van der Waals surface area contributed by atoms with Gasteiger partial charge in [0, 0.05) is 78.1 Å². The third-order valence-electron chi connectivity index (χ3n) is 10.0. The van der Waals surface area contributed by atoms with Crippen molar-refractivity contribution in [2.24, 2.45) is 0 Å². The van der Waals surface area contributed by atoms with Crippen molar-refractivity contribution < 1.29 is 23.9 Å². The van der Waals surface area contributed by atoms with E-state index < -0.39 is 5.97 Å². The number of nitrogens with zero attached hydrogens (tertiary/aromatic N) is 3. The average Bonchev–Trinajstić information content (AvgIpc) is 3.18. The predicted molar refractivity (Wildman–Crippen MR) is 218 cm³/mol. The van der Waals surface area contributed by atoms with Crippen molar-refractivity contribution in [3.8, 4) is 34.3 Å². The zero-order chi connectivity index (χ0) is 38.6. The molecule has 4 aromatic carbocycles. The summed E-state index contributed by atoms with van der Waals surface area (Å²) in [4.78, 5) is 43.5. The number of unbranched alkanes of at least 4 members (excludes halogenated alkanes) is 2. The number of hydrogen-bond donors (Lipinski definition) is 2. The van der Waals surface area contributed by atoms with E-state index in [2.05, 4.69) is 17.2 Å². The molecular weight excluding hydrogens is 689 g/mol. The Balaban J connectivity index is 1.04. The third-order valence-corrected chi connectivity index (χ3v) is 10.0. The smallest absolute Gasteiger partial charge is 0.336 e. The SMILES string of the molecule is CN(C)c1ccc2c(-c3ccc(C(=O)NCCCCCC(=O)N4Cc5ccccc5C#Cc5ccccc54)cc3C(=O)O)c3ccc(=[N+](C)C)cc-3oc2c1. The van der Waals surface area contributed by atoms with Gasteiger partial charge in [-0.3, -0.25) is 9.59 Å². The van der Waals surface area contributed by atoms with Crippen LogP contribution >= 0.6 is 0 Å². The Kier molecular flexibility index (Phi) is 10.5. The Hall–Kier alpha value is -6.66. The molecule has 7 rings (SSSR count). The molecule has 0 aromatic heterocycles. The van der Waals surface area contributed by atoms with E-state index in [1.807, 2.05) is 127 Å². The van der Waals surface area contributed by atoms with Crippen LogP contribution in [-0.2, 0) is 11.3 Å². The van der Waals surface area contributed by atoms with Crippen molar-refractivity contribution in [1.82, 2.24) is 9.89 Å². The summed E-state index contributed by atoms with van der Waals surface area (Å²) in [5.74, 6) is 5.65. The van der Waals surface area contributed by atoms with Gasteiger partial charge in [-0.15, -0.1) is 0 Å². The summed E-state index contributed by atoms with van der Waals surface area (Å²) in [7, 11) is 7.81. The molecule has 9 nitrogen and oxygen atoms in total. The topological polar surface area (TPSA) is 106 Å². The van der Waals surface area contributed by atoms with Gasteiger partial charge in [-0.2, -0.15) is 0 Å². The maximum atomic E-state index is 13.6. The second-order valence-electron chi connectivity index (χ2n) is 14.2. The van der Waals surface area contributed by atoms with Crippen LogP contribution in [0.2, 0.25) is 0 Å². The van der Waals surface area contributed by atoms with Crippen molar-refractivity contribution in [3.05, 3.63) is 136 Å². The van der Waals surface area contributed by atoms with Crippen molar-refractivity contribution in [1.29, 1.82) is 0 Å². The van der Waals surface area contributed by atoms with Crippen LogP contribution in [0.4, 0.5) is 11.4 Å². The summed E-state index contributed by atoms with van der Waals surface area (Å²) in [5.41, 5.74) is 7.40. The summed E-state index contributed by atoms with van der Waals surface area (Å²) >= 11 is 0. The van der Waals surface area contributed by atoms with Gasteiger partial charge in [0.15, 0.2) is 0 Å². The number of anilines is 2. The molecule has 2 amide bonds. The average molecular weight is 732 g/mol. The molecule has 2 N–H and O–H groups in total. The van der Waals surface area contributed by atoms with Gasteiger partial charge >= 0.3 is 5.97 Å². The van der Waals surface area contributed by atoms with Gasteiger partial charge in [0.05, 0.1) is 23.9 Å². The number of rotatable bonds is 10. The molecule has 4 aromatic rings. The van der Waals surface area contributed by atoms with Crippen LogP contribution in [0, 0.1) is 11.8 Å². The van der Waals surface area contributed by atoms with Gasteiger partial charge in [-0.25, -0.2) is 9.37 Å². The van der Waals surface area contributed by atoms with E-state index in [9.17, 15) is 19.5 Å². The Morgan fingerprint density at radius 1 is 0.836 bits per heavy atom. The first-order valence-corrected chi connectivity index (χ1v) is 18.4. The molecule has 0 radical (unpaired) electrons. The van der Waals surface area contributed by atoms with Crippen LogP contribution in [0.25, 0.3) is 33.4 Å². The molecule has 2 aliphatic heterocycles. The maximum absolute atomic E-state index is 13.6. The lowest BCUT2D eigenvalue weighted by Gasteiger charge is -2.26. The van der Waals surface area contributed by atoms with Crippen molar-refractivity contribution in [2.75, 3.05) is 44.5 Å². The lowest BCUT2D eigenvalue weighted by molar-refractivity contribution is -0.118. The molecule has 0 atom stereocenters. The van der Waals surface area contributed by atoms with E-state index >= 15 is 0 Å². The molecule has 0 saturated carbocycles. The Bertz CT molecular complexity index is 2570. The van der Waals surface area contributed by atoms with Gasteiger partial charge < -0.3 is 24.6 Å². The third kappa shape index (κ3) is 7.71. The van der Waals surface area contributed by atoms with Gasteiger partial charge in [0.2, 0.25) is 11.3 Å². The highest BCUT2D eigenvalue weighted by Gasteiger charge is 2.24. The van der Waals surface area contributed by atoms with Gasteiger partial charge in [-0.05, 0) is 72.5 Å². The van der Waals surface area contributed by atoms with Gasteiger partial charge in [0.1, 0.15) is 25.4 Å². The largest absolute Gasteiger partial charge is 0.478 e. The van der Waals surface area contributed by atoms with Crippen LogP contribution in [0.15, 0.2) is 108 Å². The molecule has 0 spiro atoms. The molecule has 3 aliphatic rings. The predicted octanol–water partition coefficient (Wildman–Crippen LogP) is 7.24. The molecule has 276 valence electrons. The van der Waals surface area contributed by atoms with E-state index in [0.29, 0.717) is 49.3 Å². The molecule has 55 heavy (non-hydrogen) atoms. The first-order valence-electron chi connectivity index (χ1n) is 18.4. The molecule has 2 heterocycles. The number of carbonyl (C=O) groups is 3. The number of hydrogen-bond acceptors (Lipinski definition) is 5. The standard InChI is InChI=1S/C46H42N4O5/c1-48(2)34-20-23-37-41(27-34)55-42-28-35(49(3)4)21-24-38(42)44(37)36-22-19-32(26-39(36)46(53)54)45(52)47-25-11-5-6-16-43(51)50-29-33-14-8-7-12-30(33)17-18-31-13-9-10-15-40(31)50/h7-10,12-15,19-24,26-28H,5-6,11,16,25,29H2,1-4H3,(H-,47,52,53,54)/p+1. The highest BCUT2D eigenvalue weighted by atomic mass is 16.4. The second kappa shape index (κ2) is 15.7. The summed E-state index contributed by atoms with van der Waals surface area (Å²) in [6.07, 6.45) is 2.44. The number of amides is 2. The van der Waals surface area contributed by atoms with Gasteiger partial charge in [-0.1, -0.05) is 54.7 Å². The van der Waals surface area contributed by atoms with Crippen LogP contribution < -0.4 is 25.0 Å². The number of carbonyl (C=O) groups excluding carboxylic acids is 2. The van der Waals surface area contributed by atoms with Gasteiger partial charge in [0.25, 0.3) is 5.91 Å². The molecular formula is C46H43N4O5+. The Labute approximate surface area is 320 Å². The van der Waals surface area contributed by atoms with Crippen LogP contribution in [0.1, 0.15) is 63.1 Å². The monoisotopic (exact) mass is 731 g/mol. The maximum Gasteiger partial charge on any atom is 0.336 e. The minimum Gasteiger partial charge on any atom is -0.478 e. The summed E-state index contributed by atoms with van der Waals surface area (Å²) in [6, 6.07) is 32.2. The highest BCUT2D eigenvalue weighted by molar-refractivity contribution is 6.09. The summed E-state index contributed by atoms with van der Waals surface area (Å²) in [6.45, 7) is 0.847. The number of nitrogens with one attached hydrogen (secondary N) is 1. The Morgan fingerprint density at radius 3 is 2.36 bits per heavy atom. The lowest BCUT2D eigenvalue weighted by atomic mass is 9.89. The minimum atomic E-state index is -1.13. The number of benzene rings is 5. The quantitative estimate of drug-likeness (QED) is 0.0667. The Morgan fingerprint density at radius 2 is 1.58 bits per heavy atom. The van der Waals surface area contributed by atoms with E-state index in [1.54, 1.807) is 12.1 Å². The van der Waals surface area contributed by atoms with Crippen molar-refractivity contribution in [2.45, 2.75) is 32.2 Å². The fraction of sp³-hybridized carbons (Fsp3) is 0.217. The minimum absolute atomic E-state index is 0.0210. The van der Waals surface area contributed by atoms with E-state index in [4.69, 9.17) is 4.42 Å². The van der Waals surface area contributed by atoms with Crippen LogP contribution in [0.3, 0.4) is 0 Å². The molecule has 0 saturated heterocycles. The van der Waals surface area contributed by atoms with Crippen molar-refractivity contribution >= 4 is 40.1 Å². The second-order valence-corrected chi connectivity index (χ2v) is 14.2. The number of aromatic carboxylic acids is 1. The first kappa shape index (κ1) is 36.7. The van der Waals surface area contributed by atoms with E-state index in [1.165, 1.54) is 6.07 Å². The van der Waals surface area contributed by atoms with E-state index in [-0.39, 0.29) is 22.9 Å². The number of carboxylic acids is 1. The van der Waals surface area contributed by atoms with Crippen molar-refractivity contribution in [3.63, 3.8) is 0 Å². The fourth-order valence-corrected chi connectivity index (χ4v) is 7.02. The van der Waals surface area contributed by atoms with Crippen LogP contribution in [-0.4, -0.2) is 57.6 Å². The highest BCUT2D eigenvalue weighted by Crippen LogP contribution is 2.42. The summed E-state index contributed by atoms with van der Waals surface area (Å²) < 4.78 is 8.40. The molecule has 9 heteroatoms. The summed E-state index contributed by atoms with van der Waals surface area (Å²) in [5, 5.41) is 15.1. The zero-order valence-corrected chi connectivity index (χ0v) is 31.5. The number of carboxylic acid groups (broad SMARTS) is 1. The first-order chi connectivity index (χ1) is 26.6. The number of para-hydroxylation sites is 1. The molecule has 1 aliphatic carbocycles. The fourth-order valence-electron chi connectivity index (χ4n) is 7.02. The molecule has 0 fully saturated rings.